The van der Waals surface area contributed by atoms with Crippen LogP contribution in [0.4, 0.5) is 0 Å². The minimum Gasteiger partial charge on any atom is -0.466 e. The zero-order valence-electron chi connectivity index (χ0n) is 9.94. The van der Waals surface area contributed by atoms with E-state index in [2.05, 4.69) is 18.0 Å². The number of nitrogens with zero attached hydrogens (tertiary/aromatic N) is 1. The maximum Gasteiger partial charge on any atom is 0.309 e. The monoisotopic (exact) mass is 225 g/mol. The smallest absolute Gasteiger partial charge is 0.309 e. The fourth-order valence-corrected chi connectivity index (χ4v) is 2.37. The average Bonchev–Trinajstić information content (AvgIpc) is 2.20. The molecule has 0 aromatic carbocycles. The first-order valence-electron chi connectivity index (χ1n) is 5.85. The molecule has 1 saturated heterocycles. The lowest BCUT2D eigenvalue weighted by Crippen LogP contribution is -2.51. The zero-order chi connectivity index (χ0) is 11.5. The number of ether oxygens (including phenoxy) is 2. The molecule has 2 unspecified atom stereocenters. The van der Waals surface area contributed by atoms with Gasteiger partial charge in [0.05, 0.1) is 32.3 Å². The molecule has 2 atom stereocenters. The highest BCUT2D eigenvalue weighted by molar-refractivity contribution is 5.72. The Labute approximate surface area is 96.2 Å². The van der Waals surface area contributed by atoms with Crippen molar-refractivity contribution in [1.82, 2.24) is 4.90 Å². The van der Waals surface area contributed by atoms with E-state index in [0.717, 1.165) is 19.6 Å². The van der Waals surface area contributed by atoms with E-state index in [1.165, 1.54) is 5.57 Å². The van der Waals surface area contributed by atoms with Gasteiger partial charge in [-0.2, -0.15) is 0 Å². The van der Waals surface area contributed by atoms with Crippen LogP contribution in [0.2, 0.25) is 0 Å². The summed E-state index contributed by atoms with van der Waals surface area (Å²) in [5, 5.41) is 0. The molecule has 0 amide bonds. The molecule has 1 fully saturated rings. The number of morpholine rings is 1. The highest BCUT2D eigenvalue weighted by Gasteiger charge is 2.32. The number of hydrogen-bond donors (Lipinski definition) is 0. The highest BCUT2D eigenvalue weighted by atomic mass is 16.5. The SMILES string of the molecule is CCOC(=O)CC1=CC2COCC(C1)N2C. The van der Waals surface area contributed by atoms with Crippen LogP contribution in [0.1, 0.15) is 19.8 Å². The van der Waals surface area contributed by atoms with Gasteiger partial charge < -0.3 is 9.47 Å². The summed E-state index contributed by atoms with van der Waals surface area (Å²) in [6.07, 6.45) is 3.52. The van der Waals surface area contributed by atoms with Crippen LogP contribution < -0.4 is 0 Å². The minimum atomic E-state index is -0.114. The lowest BCUT2D eigenvalue weighted by molar-refractivity contribution is -0.142. The Morgan fingerprint density at radius 1 is 1.62 bits per heavy atom. The number of esters is 1. The first kappa shape index (κ1) is 11.6. The third kappa shape index (κ3) is 2.44. The van der Waals surface area contributed by atoms with E-state index in [9.17, 15) is 4.79 Å². The molecule has 2 aliphatic heterocycles. The third-order valence-corrected chi connectivity index (χ3v) is 3.30. The number of fused-ring (bicyclic) bond motifs is 2. The van der Waals surface area contributed by atoms with Gasteiger partial charge in [0, 0.05) is 6.04 Å². The molecule has 0 aliphatic carbocycles. The van der Waals surface area contributed by atoms with Gasteiger partial charge in [0.2, 0.25) is 0 Å². The van der Waals surface area contributed by atoms with Gasteiger partial charge in [-0.15, -0.1) is 0 Å². The van der Waals surface area contributed by atoms with E-state index in [-0.39, 0.29) is 5.97 Å². The van der Waals surface area contributed by atoms with Gasteiger partial charge >= 0.3 is 5.97 Å². The van der Waals surface area contributed by atoms with Gasteiger partial charge in [-0.25, -0.2) is 0 Å². The maximum atomic E-state index is 11.4. The van der Waals surface area contributed by atoms with Crippen molar-refractivity contribution in [3.05, 3.63) is 11.6 Å². The van der Waals surface area contributed by atoms with E-state index in [0.29, 0.717) is 25.1 Å². The van der Waals surface area contributed by atoms with Crippen molar-refractivity contribution in [1.29, 1.82) is 0 Å². The second kappa shape index (κ2) is 4.97. The van der Waals surface area contributed by atoms with Crippen molar-refractivity contribution in [3.8, 4) is 0 Å². The molecule has 0 aromatic rings. The van der Waals surface area contributed by atoms with Gasteiger partial charge in [-0.05, 0) is 20.4 Å². The molecule has 0 spiro atoms. The second-order valence-corrected chi connectivity index (χ2v) is 4.43. The van der Waals surface area contributed by atoms with Gasteiger partial charge in [0.15, 0.2) is 0 Å². The normalized spacial score (nSPS) is 29.8. The predicted molar refractivity (Wildman–Crippen MR) is 60.1 cm³/mol. The summed E-state index contributed by atoms with van der Waals surface area (Å²) in [5.41, 5.74) is 1.20. The summed E-state index contributed by atoms with van der Waals surface area (Å²) in [7, 11) is 2.12. The molecular weight excluding hydrogens is 206 g/mol. The van der Waals surface area contributed by atoms with E-state index in [1.807, 2.05) is 6.92 Å². The van der Waals surface area contributed by atoms with Crippen molar-refractivity contribution in [2.75, 3.05) is 26.9 Å². The van der Waals surface area contributed by atoms with Gasteiger partial charge in [0.25, 0.3) is 0 Å². The quantitative estimate of drug-likeness (QED) is 0.530. The summed E-state index contributed by atoms with van der Waals surface area (Å²) < 4.78 is 10.5. The fourth-order valence-electron chi connectivity index (χ4n) is 2.37. The van der Waals surface area contributed by atoms with Crippen molar-refractivity contribution in [2.45, 2.75) is 31.8 Å². The van der Waals surface area contributed by atoms with Gasteiger partial charge in [-0.1, -0.05) is 11.6 Å². The minimum absolute atomic E-state index is 0.114. The number of hydrogen-bond acceptors (Lipinski definition) is 4. The van der Waals surface area contributed by atoms with Gasteiger partial charge in [-0.3, -0.25) is 9.69 Å². The largest absolute Gasteiger partial charge is 0.466 e. The van der Waals surface area contributed by atoms with E-state index < -0.39 is 0 Å². The Kier molecular flexibility index (Phi) is 3.61. The number of likely N-dealkylation sites (N-methyl/N-ethyl adjacent to an activating group) is 1. The summed E-state index contributed by atoms with van der Waals surface area (Å²) in [6.45, 7) is 3.80. The number of carbonyl (C=O) groups excluding carboxylic acids is 1. The molecule has 16 heavy (non-hydrogen) atoms. The third-order valence-electron chi connectivity index (χ3n) is 3.30. The first-order chi connectivity index (χ1) is 7.70. The fraction of sp³-hybridized carbons (Fsp3) is 0.750. The Hall–Kier alpha value is -0.870. The molecule has 0 radical (unpaired) electrons. The van der Waals surface area contributed by atoms with Crippen molar-refractivity contribution < 1.29 is 14.3 Å². The lowest BCUT2D eigenvalue weighted by Gasteiger charge is -2.42. The average molecular weight is 225 g/mol. The highest BCUT2D eigenvalue weighted by Crippen LogP contribution is 2.27. The summed E-state index contributed by atoms with van der Waals surface area (Å²) in [4.78, 5) is 13.7. The maximum absolute atomic E-state index is 11.4. The molecule has 2 rings (SSSR count). The van der Waals surface area contributed by atoms with E-state index in [4.69, 9.17) is 9.47 Å². The predicted octanol–water partition coefficient (Wildman–Crippen LogP) is 0.969. The standard InChI is InChI=1S/C12H19NO3/c1-3-16-12(14)6-9-4-10-7-15-8-11(5-9)13(10)2/h4,10-11H,3,5-8H2,1-2H3. The molecule has 90 valence electrons. The molecule has 4 heteroatoms. The molecular formula is C12H19NO3. The summed E-state index contributed by atoms with van der Waals surface area (Å²) in [6, 6.07) is 0.755. The summed E-state index contributed by atoms with van der Waals surface area (Å²) >= 11 is 0. The molecule has 0 N–H and O–H groups in total. The number of carbonyl (C=O) groups is 1. The van der Waals surface area contributed by atoms with Crippen LogP contribution in [0.15, 0.2) is 11.6 Å². The topological polar surface area (TPSA) is 38.8 Å². The van der Waals surface area contributed by atoms with Crippen LogP contribution in [0, 0.1) is 0 Å². The van der Waals surface area contributed by atoms with Crippen LogP contribution in [0.5, 0.6) is 0 Å². The van der Waals surface area contributed by atoms with Gasteiger partial charge in [0.1, 0.15) is 0 Å². The molecule has 4 nitrogen and oxygen atoms in total. The Bertz CT molecular complexity index is 301. The van der Waals surface area contributed by atoms with Crippen LogP contribution >= 0.6 is 0 Å². The first-order valence-corrected chi connectivity index (χ1v) is 5.85. The van der Waals surface area contributed by atoms with Crippen molar-refractivity contribution in [2.24, 2.45) is 0 Å². The van der Waals surface area contributed by atoms with E-state index in [1.54, 1.807) is 0 Å². The molecule has 0 aromatic heterocycles. The molecule has 2 heterocycles. The molecule has 0 saturated carbocycles. The Morgan fingerprint density at radius 2 is 2.44 bits per heavy atom. The zero-order valence-corrected chi connectivity index (χ0v) is 9.94. The summed E-state index contributed by atoms with van der Waals surface area (Å²) in [5.74, 6) is -0.114. The van der Waals surface area contributed by atoms with Crippen LogP contribution in [0.25, 0.3) is 0 Å². The van der Waals surface area contributed by atoms with Crippen molar-refractivity contribution >= 4 is 5.97 Å². The molecule has 2 aliphatic rings. The lowest BCUT2D eigenvalue weighted by atomic mass is 9.93. The Morgan fingerprint density at radius 3 is 3.12 bits per heavy atom. The van der Waals surface area contributed by atoms with Crippen LogP contribution in [-0.4, -0.2) is 49.8 Å². The second-order valence-electron chi connectivity index (χ2n) is 4.43. The van der Waals surface area contributed by atoms with E-state index >= 15 is 0 Å². The number of rotatable bonds is 3. The molecule has 2 bridgehead atoms. The Balaban J connectivity index is 1.98. The van der Waals surface area contributed by atoms with Crippen molar-refractivity contribution in [3.63, 3.8) is 0 Å². The van der Waals surface area contributed by atoms with Crippen LogP contribution in [-0.2, 0) is 14.3 Å². The van der Waals surface area contributed by atoms with Crippen LogP contribution in [0.3, 0.4) is 0 Å².